The molecule has 4 nitrogen and oxygen atoms in total. The first-order chi connectivity index (χ1) is 12.7. The summed E-state index contributed by atoms with van der Waals surface area (Å²) in [7, 11) is 0. The topological polar surface area (TPSA) is 50.7 Å². The van der Waals surface area contributed by atoms with Crippen molar-refractivity contribution in [1.82, 2.24) is 5.43 Å². The minimum atomic E-state index is -0.256. The van der Waals surface area contributed by atoms with Gasteiger partial charge in [-0.3, -0.25) is 4.79 Å². The van der Waals surface area contributed by atoms with Crippen molar-refractivity contribution in [3.05, 3.63) is 65.7 Å². The van der Waals surface area contributed by atoms with Crippen LogP contribution in [0, 0.1) is 0 Å². The first-order valence-corrected chi connectivity index (χ1v) is 9.28. The molecule has 138 valence electrons. The van der Waals surface area contributed by atoms with Gasteiger partial charge >= 0.3 is 0 Å². The summed E-state index contributed by atoms with van der Waals surface area (Å²) in [5.41, 5.74) is 5.65. The van der Waals surface area contributed by atoms with Gasteiger partial charge in [0.1, 0.15) is 5.75 Å². The summed E-state index contributed by atoms with van der Waals surface area (Å²) in [5, 5.41) is 4.31. The summed E-state index contributed by atoms with van der Waals surface area (Å²) in [6.45, 7) is 6.34. The van der Waals surface area contributed by atoms with Gasteiger partial charge in [-0.05, 0) is 36.0 Å². The predicted molar refractivity (Wildman–Crippen MR) is 107 cm³/mol. The van der Waals surface area contributed by atoms with E-state index in [1.807, 2.05) is 54.6 Å². The van der Waals surface area contributed by atoms with Crippen LogP contribution in [0.3, 0.4) is 0 Å². The van der Waals surface area contributed by atoms with E-state index in [1.54, 1.807) is 0 Å². The maximum atomic E-state index is 12.2. The molecule has 0 bridgehead atoms. The highest BCUT2D eigenvalue weighted by molar-refractivity contribution is 6.01. The molecule has 0 aromatic heterocycles. The lowest BCUT2D eigenvalue weighted by Gasteiger charge is -2.15. The number of amides is 1. The molecule has 0 radical (unpaired) electrons. The second kappa shape index (κ2) is 10.4. The number of ether oxygens (including phenoxy) is 1. The van der Waals surface area contributed by atoms with Crippen LogP contribution < -0.4 is 10.2 Å². The SMILES string of the molecule is CCCC(=NNC(=O)COc1ccccc1C(C)CC)c1ccccc1. The maximum absolute atomic E-state index is 12.2. The lowest BCUT2D eigenvalue weighted by Crippen LogP contribution is -2.26. The van der Waals surface area contributed by atoms with E-state index in [9.17, 15) is 4.79 Å². The molecule has 2 aromatic carbocycles. The largest absolute Gasteiger partial charge is 0.483 e. The highest BCUT2D eigenvalue weighted by Crippen LogP contribution is 2.28. The minimum Gasteiger partial charge on any atom is -0.483 e. The van der Waals surface area contributed by atoms with Crippen LogP contribution in [0.5, 0.6) is 5.75 Å². The van der Waals surface area contributed by atoms with Crippen molar-refractivity contribution in [3.63, 3.8) is 0 Å². The summed E-state index contributed by atoms with van der Waals surface area (Å²) >= 11 is 0. The van der Waals surface area contributed by atoms with Crippen LogP contribution in [0.4, 0.5) is 0 Å². The van der Waals surface area contributed by atoms with E-state index >= 15 is 0 Å². The predicted octanol–water partition coefficient (Wildman–Crippen LogP) is 4.90. The van der Waals surface area contributed by atoms with E-state index in [1.165, 1.54) is 0 Å². The molecule has 1 N–H and O–H groups in total. The molecule has 0 spiro atoms. The van der Waals surface area contributed by atoms with Crippen LogP contribution in [0.1, 0.15) is 57.1 Å². The molecule has 0 aliphatic rings. The quantitative estimate of drug-likeness (QED) is 0.515. The fourth-order valence-corrected chi connectivity index (χ4v) is 2.68. The Morgan fingerprint density at radius 1 is 1.08 bits per heavy atom. The van der Waals surface area contributed by atoms with Gasteiger partial charge in [0.25, 0.3) is 5.91 Å². The monoisotopic (exact) mass is 352 g/mol. The lowest BCUT2D eigenvalue weighted by molar-refractivity contribution is -0.123. The van der Waals surface area contributed by atoms with Crippen molar-refractivity contribution < 1.29 is 9.53 Å². The third-order valence-electron chi connectivity index (χ3n) is 4.33. The van der Waals surface area contributed by atoms with E-state index in [4.69, 9.17) is 4.74 Å². The molecule has 0 saturated heterocycles. The molecule has 0 fully saturated rings. The number of nitrogens with zero attached hydrogens (tertiary/aromatic N) is 1. The fraction of sp³-hybridized carbons (Fsp3) is 0.364. The van der Waals surface area contributed by atoms with E-state index in [2.05, 4.69) is 31.3 Å². The minimum absolute atomic E-state index is 0.0505. The van der Waals surface area contributed by atoms with Crippen molar-refractivity contribution in [2.45, 2.75) is 46.0 Å². The smallest absolute Gasteiger partial charge is 0.277 e. The van der Waals surface area contributed by atoms with Gasteiger partial charge in [-0.2, -0.15) is 5.10 Å². The van der Waals surface area contributed by atoms with Gasteiger partial charge in [0.15, 0.2) is 6.61 Å². The Labute approximate surface area is 156 Å². The molecule has 0 saturated carbocycles. The second-order valence-electron chi connectivity index (χ2n) is 6.35. The number of hydrogen-bond acceptors (Lipinski definition) is 3. The molecule has 2 rings (SSSR count). The Morgan fingerprint density at radius 2 is 1.77 bits per heavy atom. The van der Waals surface area contributed by atoms with E-state index in [0.717, 1.165) is 41.9 Å². The zero-order valence-corrected chi connectivity index (χ0v) is 15.9. The molecule has 26 heavy (non-hydrogen) atoms. The summed E-state index contributed by atoms with van der Waals surface area (Å²) in [5.74, 6) is 0.896. The number of carbonyl (C=O) groups excluding carboxylic acids is 1. The first kappa shape index (κ1) is 19.7. The van der Waals surface area contributed by atoms with Crippen molar-refractivity contribution in [1.29, 1.82) is 0 Å². The van der Waals surface area contributed by atoms with Gasteiger partial charge in [0, 0.05) is 0 Å². The Balaban J connectivity index is 1.98. The van der Waals surface area contributed by atoms with Gasteiger partial charge in [-0.1, -0.05) is 75.7 Å². The van der Waals surface area contributed by atoms with Gasteiger partial charge in [0.2, 0.25) is 0 Å². The third-order valence-corrected chi connectivity index (χ3v) is 4.33. The van der Waals surface area contributed by atoms with Gasteiger partial charge in [-0.25, -0.2) is 5.43 Å². The van der Waals surface area contributed by atoms with Crippen LogP contribution in [0.2, 0.25) is 0 Å². The maximum Gasteiger partial charge on any atom is 0.277 e. The van der Waals surface area contributed by atoms with Crippen molar-refractivity contribution in [2.24, 2.45) is 5.10 Å². The standard InChI is InChI=1S/C22H28N2O2/c1-4-11-20(18-12-7-6-8-13-18)23-24-22(25)16-26-21-15-10-9-14-19(21)17(3)5-2/h6-10,12-15,17H,4-5,11,16H2,1-3H3,(H,24,25). The number of nitrogens with one attached hydrogen (secondary N) is 1. The molecular weight excluding hydrogens is 324 g/mol. The zero-order valence-electron chi connectivity index (χ0n) is 15.9. The van der Waals surface area contributed by atoms with Crippen LogP contribution in [-0.2, 0) is 4.79 Å². The van der Waals surface area contributed by atoms with Crippen molar-refractivity contribution >= 4 is 11.6 Å². The number of hydrogen-bond donors (Lipinski definition) is 1. The molecule has 0 aliphatic heterocycles. The Bertz CT molecular complexity index is 726. The van der Waals surface area contributed by atoms with Crippen LogP contribution in [-0.4, -0.2) is 18.2 Å². The molecule has 4 heteroatoms. The Kier molecular flexibility index (Phi) is 7.87. The Morgan fingerprint density at radius 3 is 2.46 bits per heavy atom. The summed E-state index contributed by atoms with van der Waals surface area (Å²) in [6.07, 6.45) is 2.79. The second-order valence-corrected chi connectivity index (χ2v) is 6.35. The number of rotatable bonds is 9. The fourth-order valence-electron chi connectivity index (χ4n) is 2.68. The van der Waals surface area contributed by atoms with Gasteiger partial charge in [0.05, 0.1) is 5.71 Å². The van der Waals surface area contributed by atoms with Gasteiger partial charge < -0.3 is 4.74 Å². The van der Waals surface area contributed by atoms with Crippen molar-refractivity contribution in [2.75, 3.05) is 6.61 Å². The van der Waals surface area contributed by atoms with Crippen LogP contribution in [0.25, 0.3) is 0 Å². The molecule has 1 amide bonds. The van der Waals surface area contributed by atoms with Crippen molar-refractivity contribution in [3.8, 4) is 5.75 Å². The molecule has 1 atom stereocenters. The van der Waals surface area contributed by atoms with E-state index in [0.29, 0.717) is 5.92 Å². The molecule has 0 aliphatic carbocycles. The highest BCUT2D eigenvalue weighted by atomic mass is 16.5. The number of para-hydroxylation sites is 1. The first-order valence-electron chi connectivity index (χ1n) is 9.28. The Hall–Kier alpha value is -2.62. The van der Waals surface area contributed by atoms with Crippen LogP contribution in [0.15, 0.2) is 59.7 Å². The summed E-state index contributed by atoms with van der Waals surface area (Å²) in [6, 6.07) is 17.8. The molecular formula is C22H28N2O2. The van der Waals surface area contributed by atoms with Crippen LogP contribution >= 0.6 is 0 Å². The number of carbonyl (C=O) groups is 1. The lowest BCUT2D eigenvalue weighted by atomic mass is 9.98. The van der Waals surface area contributed by atoms with E-state index in [-0.39, 0.29) is 12.5 Å². The van der Waals surface area contributed by atoms with Gasteiger partial charge in [-0.15, -0.1) is 0 Å². The molecule has 2 aromatic rings. The molecule has 0 heterocycles. The average Bonchev–Trinajstić information content (AvgIpc) is 2.69. The zero-order chi connectivity index (χ0) is 18.8. The summed E-state index contributed by atoms with van der Waals surface area (Å²) in [4.78, 5) is 12.2. The third kappa shape index (κ3) is 5.73. The van der Waals surface area contributed by atoms with E-state index < -0.39 is 0 Å². The number of benzene rings is 2. The highest BCUT2D eigenvalue weighted by Gasteiger charge is 2.11. The average molecular weight is 352 g/mol. The normalized spacial score (nSPS) is 12.5. The molecule has 1 unspecified atom stereocenters. The number of hydrazone groups is 1. The summed E-state index contributed by atoms with van der Waals surface area (Å²) < 4.78 is 5.74.